The predicted octanol–water partition coefficient (Wildman–Crippen LogP) is 2.12. The van der Waals surface area contributed by atoms with Crippen molar-refractivity contribution in [1.29, 1.82) is 0 Å². The summed E-state index contributed by atoms with van der Waals surface area (Å²) in [6.45, 7) is 2.63. The maximum Gasteiger partial charge on any atom is 0.341 e. The highest BCUT2D eigenvalue weighted by atomic mass is 32.2. The fourth-order valence-electron chi connectivity index (χ4n) is 2.58. The monoisotopic (exact) mass is 391 g/mol. The summed E-state index contributed by atoms with van der Waals surface area (Å²) < 4.78 is 15.6. The maximum absolute atomic E-state index is 12.3. The van der Waals surface area contributed by atoms with Crippen molar-refractivity contribution in [2.75, 3.05) is 19.8 Å². The molecule has 0 unspecified atom stereocenters. The van der Waals surface area contributed by atoms with E-state index in [1.54, 1.807) is 18.3 Å². The van der Waals surface area contributed by atoms with Crippen LogP contribution in [0.5, 0.6) is 0 Å². The summed E-state index contributed by atoms with van der Waals surface area (Å²) in [5, 5.41) is 7.15. The second kappa shape index (κ2) is 9.52. The first-order chi connectivity index (χ1) is 13.1. The van der Waals surface area contributed by atoms with Crippen LogP contribution < -0.4 is 5.32 Å². The van der Waals surface area contributed by atoms with Crippen LogP contribution in [-0.2, 0) is 20.0 Å². The van der Waals surface area contributed by atoms with E-state index in [0.717, 1.165) is 30.9 Å². The van der Waals surface area contributed by atoms with Crippen molar-refractivity contribution in [3.8, 4) is 0 Å². The molecule has 1 aliphatic heterocycles. The third kappa shape index (κ3) is 5.80. The number of thioether (sulfide) groups is 1. The van der Waals surface area contributed by atoms with E-state index in [9.17, 15) is 9.59 Å². The highest BCUT2D eigenvalue weighted by Crippen LogP contribution is 2.24. The fourth-order valence-corrected chi connectivity index (χ4v) is 3.45. The number of aryl methyl sites for hydroxylation is 1. The lowest BCUT2D eigenvalue weighted by Gasteiger charge is -2.11. The van der Waals surface area contributed by atoms with Gasteiger partial charge in [-0.05, 0) is 31.9 Å². The van der Waals surface area contributed by atoms with Gasteiger partial charge in [0, 0.05) is 31.2 Å². The number of pyridine rings is 1. The van der Waals surface area contributed by atoms with E-state index in [4.69, 9.17) is 14.0 Å². The molecule has 1 amide bonds. The lowest BCUT2D eigenvalue weighted by molar-refractivity contribution is -0.124. The van der Waals surface area contributed by atoms with Gasteiger partial charge in [-0.25, -0.2) is 9.78 Å². The molecule has 1 N–H and O–H groups in total. The molecule has 0 radical (unpaired) electrons. The first kappa shape index (κ1) is 19.4. The summed E-state index contributed by atoms with van der Waals surface area (Å²) in [4.78, 5) is 28.4. The Morgan fingerprint density at radius 3 is 3.07 bits per heavy atom. The van der Waals surface area contributed by atoms with Crippen LogP contribution >= 0.6 is 11.8 Å². The molecule has 1 atom stereocenters. The van der Waals surface area contributed by atoms with Crippen molar-refractivity contribution < 1.29 is 23.6 Å². The number of carbonyl (C=O) groups excluding carboxylic acids is 2. The van der Waals surface area contributed by atoms with Crippen molar-refractivity contribution >= 4 is 23.6 Å². The van der Waals surface area contributed by atoms with Crippen LogP contribution in [0.25, 0.3) is 0 Å². The molecule has 9 heteroatoms. The molecular weight excluding hydrogens is 370 g/mol. The summed E-state index contributed by atoms with van der Waals surface area (Å²) in [6.07, 6.45) is 3.58. The number of ether oxygens (including phenoxy) is 2. The number of nitrogens with one attached hydrogen (secondary N) is 1. The average molecular weight is 391 g/mol. The minimum absolute atomic E-state index is 0.0474. The smallest absolute Gasteiger partial charge is 0.341 e. The highest BCUT2D eigenvalue weighted by molar-refractivity contribution is 7.98. The summed E-state index contributed by atoms with van der Waals surface area (Å²) in [6, 6.07) is 5.10. The molecule has 0 aromatic carbocycles. The second-order valence-corrected chi connectivity index (χ2v) is 7.05. The molecule has 2 aromatic rings. The predicted molar refractivity (Wildman–Crippen MR) is 97.3 cm³/mol. The van der Waals surface area contributed by atoms with Crippen molar-refractivity contribution in [3.05, 3.63) is 41.4 Å². The third-order valence-corrected chi connectivity index (χ3v) is 4.95. The number of nitrogens with zero attached hydrogens (tertiary/aromatic N) is 2. The van der Waals surface area contributed by atoms with Gasteiger partial charge in [0.05, 0.1) is 17.4 Å². The Morgan fingerprint density at radius 1 is 1.44 bits per heavy atom. The Bertz CT molecular complexity index is 789. The van der Waals surface area contributed by atoms with Crippen molar-refractivity contribution in [1.82, 2.24) is 15.5 Å². The van der Waals surface area contributed by atoms with Gasteiger partial charge in [0.2, 0.25) is 0 Å². The summed E-state index contributed by atoms with van der Waals surface area (Å²) in [5.74, 6) is 0.292. The van der Waals surface area contributed by atoms with Crippen LogP contribution in [0.2, 0.25) is 0 Å². The first-order valence-corrected chi connectivity index (χ1v) is 9.66. The van der Waals surface area contributed by atoms with E-state index in [-0.39, 0.29) is 18.6 Å². The Morgan fingerprint density at radius 2 is 2.33 bits per heavy atom. The summed E-state index contributed by atoms with van der Waals surface area (Å²) in [7, 11) is 0. The van der Waals surface area contributed by atoms with Gasteiger partial charge in [-0.3, -0.25) is 4.79 Å². The zero-order valence-electron chi connectivity index (χ0n) is 15.0. The lowest BCUT2D eigenvalue weighted by Crippen LogP contribution is -2.34. The van der Waals surface area contributed by atoms with E-state index in [1.807, 2.05) is 13.0 Å². The Hall–Kier alpha value is -2.39. The molecule has 27 heavy (non-hydrogen) atoms. The quantitative estimate of drug-likeness (QED) is 0.539. The average Bonchev–Trinajstić information content (AvgIpc) is 3.34. The highest BCUT2D eigenvalue weighted by Gasteiger charge is 2.18. The van der Waals surface area contributed by atoms with Crippen LogP contribution in [0.1, 0.15) is 34.7 Å². The van der Waals surface area contributed by atoms with Crippen molar-refractivity contribution in [2.45, 2.75) is 36.6 Å². The van der Waals surface area contributed by atoms with E-state index in [0.29, 0.717) is 22.9 Å². The van der Waals surface area contributed by atoms with E-state index < -0.39 is 5.97 Å². The third-order valence-electron chi connectivity index (χ3n) is 3.91. The standard InChI is InChI=1S/C18H21N3O5S/c1-12-8-13(21-26-12)11-27-17-15(5-2-6-19-17)18(23)25-10-16(22)20-9-14-4-3-7-24-14/h2,5-6,8,14H,3-4,7,9-11H2,1H3,(H,20,22)/t14-/m0/s1. The number of amides is 1. The number of hydrogen-bond donors (Lipinski definition) is 1. The molecule has 1 fully saturated rings. The zero-order valence-corrected chi connectivity index (χ0v) is 15.8. The van der Waals surface area contributed by atoms with Crippen molar-refractivity contribution in [3.63, 3.8) is 0 Å². The molecule has 3 heterocycles. The molecule has 1 aliphatic rings. The van der Waals surface area contributed by atoms with Crippen molar-refractivity contribution in [2.24, 2.45) is 0 Å². The van der Waals surface area contributed by atoms with Gasteiger partial charge in [-0.15, -0.1) is 0 Å². The Labute approximate surface area is 161 Å². The molecular formula is C18H21N3O5S. The lowest BCUT2D eigenvalue weighted by atomic mass is 10.2. The minimum Gasteiger partial charge on any atom is -0.452 e. The normalized spacial score (nSPS) is 16.3. The molecule has 2 aromatic heterocycles. The zero-order chi connectivity index (χ0) is 19.1. The van der Waals surface area contributed by atoms with Crippen LogP contribution in [0.3, 0.4) is 0 Å². The Kier molecular flexibility index (Phi) is 6.83. The Balaban J connectivity index is 1.49. The number of carbonyl (C=O) groups is 2. The molecule has 0 saturated carbocycles. The molecule has 3 rings (SSSR count). The molecule has 8 nitrogen and oxygen atoms in total. The number of hydrogen-bond acceptors (Lipinski definition) is 8. The van der Waals surface area contributed by atoms with Gasteiger partial charge < -0.3 is 19.3 Å². The first-order valence-electron chi connectivity index (χ1n) is 8.67. The molecule has 1 saturated heterocycles. The van der Waals surface area contributed by atoms with Gasteiger partial charge in [0.15, 0.2) is 6.61 Å². The topological polar surface area (TPSA) is 104 Å². The molecule has 0 spiro atoms. The fraction of sp³-hybridized carbons (Fsp3) is 0.444. The largest absolute Gasteiger partial charge is 0.452 e. The van der Waals surface area contributed by atoms with Crippen LogP contribution in [0.15, 0.2) is 33.9 Å². The van der Waals surface area contributed by atoms with Crippen LogP contribution in [0, 0.1) is 6.92 Å². The van der Waals surface area contributed by atoms with Crippen LogP contribution in [-0.4, -0.2) is 47.9 Å². The van der Waals surface area contributed by atoms with E-state index in [1.165, 1.54) is 11.8 Å². The van der Waals surface area contributed by atoms with Crippen LogP contribution in [0.4, 0.5) is 0 Å². The minimum atomic E-state index is -0.589. The van der Waals surface area contributed by atoms with Gasteiger partial charge in [-0.2, -0.15) is 0 Å². The molecule has 0 aliphatic carbocycles. The SMILES string of the molecule is Cc1cc(CSc2ncccc2C(=O)OCC(=O)NC[C@@H]2CCCO2)no1. The molecule has 0 bridgehead atoms. The van der Waals surface area contributed by atoms with Gasteiger partial charge in [0.25, 0.3) is 5.91 Å². The van der Waals surface area contributed by atoms with Gasteiger partial charge >= 0.3 is 5.97 Å². The number of aromatic nitrogens is 2. The van der Waals surface area contributed by atoms with E-state index >= 15 is 0 Å². The van der Waals surface area contributed by atoms with Gasteiger partial charge in [0.1, 0.15) is 10.8 Å². The summed E-state index contributed by atoms with van der Waals surface area (Å²) in [5.41, 5.74) is 1.07. The second-order valence-electron chi connectivity index (χ2n) is 6.09. The molecule has 144 valence electrons. The summed E-state index contributed by atoms with van der Waals surface area (Å²) >= 11 is 1.35. The maximum atomic E-state index is 12.3. The number of esters is 1. The number of rotatable bonds is 8. The van der Waals surface area contributed by atoms with Gasteiger partial charge in [-0.1, -0.05) is 16.9 Å². The van der Waals surface area contributed by atoms with E-state index in [2.05, 4.69) is 15.5 Å².